The minimum atomic E-state index is -5.02. The summed E-state index contributed by atoms with van der Waals surface area (Å²) in [5.74, 6) is -0.483. The van der Waals surface area contributed by atoms with Gasteiger partial charge in [-0.25, -0.2) is 4.57 Å². The van der Waals surface area contributed by atoms with Crippen molar-refractivity contribution in [2.45, 2.75) is 230 Å². The molecular weight excluding hydrogens is 799 g/mol. The van der Waals surface area contributed by atoms with Crippen molar-refractivity contribution in [3.8, 4) is 0 Å². The van der Waals surface area contributed by atoms with E-state index in [-0.39, 0.29) is 13.0 Å². The van der Waals surface area contributed by atoms with Crippen molar-refractivity contribution in [3.05, 3.63) is 48.6 Å². The van der Waals surface area contributed by atoms with Crippen LogP contribution < -0.4 is 0 Å². The highest BCUT2D eigenvalue weighted by Gasteiger charge is 2.51. The highest BCUT2D eigenvalue weighted by Crippen LogP contribution is 2.47. The lowest BCUT2D eigenvalue weighted by atomic mass is 9.85. The number of hydrogen-bond acceptors (Lipinski definition) is 11. The molecule has 1 fully saturated rings. The van der Waals surface area contributed by atoms with Crippen LogP contribution in [-0.2, 0) is 27.9 Å². The molecule has 6 atom stereocenters. The molecule has 6 N–H and O–H groups in total. The third-order valence-corrected chi connectivity index (χ3v) is 12.0. The topological polar surface area (TPSA) is 192 Å². The molecule has 0 aromatic carbocycles. The van der Waals surface area contributed by atoms with Crippen molar-refractivity contribution in [2.75, 3.05) is 19.8 Å². The van der Waals surface area contributed by atoms with E-state index in [9.17, 15) is 39.8 Å². The van der Waals surface area contributed by atoms with Crippen LogP contribution in [0.3, 0.4) is 0 Å². The van der Waals surface area contributed by atoms with Gasteiger partial charge in [-0.3, -0.25) is 13.8 Å². The summed E-state index contributed by atoms with van der Waals surface area (Å²) in [5, 5.41) is 50.2. The third kappa shape index (κ3) is 30.9. The number of carbonyl (C=O) groups is 1. The predicted octanol–water partition coefficient (Wildman–Crippen LogP) is 10.0. The van der Waals surface area contributed by atoms with Crippen molar-refractivity contribution in [1.29, 1.82) is 0 Å². The van der Waals surface area contributed by atoms with Gasteiger partial charge in [0, 0.05) is 13.0 Å². The lowest BCUT2D eigenvalue weighted by Crippen LogP contribution is -2.64. The monoisotopic (exact) mass is 887 g/mol. The molecule has 1 rings (SSSR count). The number of phosphoric acid groups is 1. The minimum Gasteiger partial charge on any atom is -0.457 e. The Hall–Kier alpha value is -1.70. The molecule has 0 heterocycles. The van der Waals surface area contributed by atoms with Gasteiger partial charge in [0.05, 0.1) is 13.2 Å². The average molecular weight is 887 g/mol. The molecule has 61 heavy (non-hydrogen) atoms. The molecule has 1 aliphatic carbocycles. The second kappa shape index (κ2) is 38.7. The van der Waals surface area contributed by atoms with E-state index in [4.69, 9.17) is 18.5 Å². The van der Waals surface area contributed by atoms with E-state index in [0.717, 1.165) is 83.5 Å². The van der Waals surface area contributed by atoms with E-state index in [1.807, 2.05) is 0 Å². The summed E-state index contributed by atoms with van der Waals surface area (Å²) in [4.78, 5) is 23.2. The largest absolute Gasteiger partial charge is 0.472 e. The molecule has 0 aromatic heterocycles. The van der Waals surface area contributed by atoms with Crippen LogP contribution in [0.25, 0.3) is 0 Å². The molecule has 0 saturated heterocycles. The Bertz CT molecular complexity index is 1190. The molecule has 12 nitrogen and oxygen atoms in total. The number of phosphoric ester groups is 1. The normalized spacial score (nSPS) is 22.6. The van der Waals surface area contributed by atoms with E-state index < -0.39 is 63.1 Å². The zero-order valence-electron chi connectivity index (χ0n) is 38.0. The summed E-state index contributed by atoms with van der Waals surface area (Å²) in [5.41, 5.74) is 0. The number of carbonyl (C=O) groups excluding carboxylic acids is 1. The highest BCUT2D eigenvalue weighted by atomic mass is 31.2. The third-order valence-electron chi connectivity index (χ3n) is 11.0. The molecule has 0 aromatic rings. The van der Waals surface area contributed by atoms with Crippen molar-refractivity contribution in [1.82, 2.24) is 0 Å². The Morgan fingerprint density at radius 3 is 1.48 bits per heavy atom. The summed E-state index contributed by atoms with van der Waals surface area (Å²) < 4.78 is 34.2. The first-order chi connectivity index (χ1) is 29.5. The van der Waals surface area contributed by atoms with Gasteiger partial charge in [0.2, 0.25) is 0 Å². The van der Waals surface area contributed by atoms with Crippen LogP contribution in [0.15, 0.2) is 48.6 Å². The van der Waals surface area contributed by atoms with Crippen LogP contribution in [0.4, 0.5) is 0 Å². The van der Waals surface area contributed by atoms with Gasteiger partial charge in [0.15, 0.2) is 0 Å². The Morgan fingerprint density at radius 2 is 0.967 bits per heavy atom. The smallest absolute Gasteiger partial charge is 0.457 e. The Labute approximate surface area is 369 Å². The molecule has 13 heteroatoms. The van der Waals surface area contributed by atoms with E-state index in [1.165, 1.54) is 77.0 Å². The summed E-state index contributed by atoms with van der Waals surface area (Å²) in [7, 11) is -5.02. The first-order valence-electron chi connectivity index (χ1n) is 24.0. The fourth-order valence-electron chi connectivity index (χ4n) is 7.17. The SMILES string of the molecule is CC/C=C\C/C=C\C/C=C\C/C=C\CCCCCCCOCC(COP(=O)(O)OC1C(O)C(O)C(O)C(O)C1O)OC(=O)CCCCCCCCCCCCCCCCCC. The molecule has 0 spiro atoms. The van der Waals surface area contributed by atoms with Gasteiger partial charge in [-0.15, -0.1) is 0 Å². The second-order valence-corrected chi connectivity index (χ2v) is 18.0. The van der Waals surface area contributed by atoms with Crippen LogP contribution in [-0.4, -0.2) is 98.9 Å². The number of aliphatic hydroxyl groups is 5. The number of rotatable bonds is 40. The molecule has 356 valence electrons. The van der Waals surface area contributed by atoms with Gasteiger partial charge in [-0.05, 0) is 51.4 Å². The maximum atomic E-state index is 12.8. The number of unbranched alkanes of at least 4 members (excludes halogenated alkanes) is 20. The van der Waals surface area contributed by atoms with Gasteiger partial charge in [0.1, 0.15) is 42.7 Å². The molecule has 0 aliphatic heterocycles. The van der Waals surface area contributed by atoms with Gasteiger partial charge in [-0.2, -0.15) is 0 Å². The van der Waals surface area contributed by atoms with Crippen molar-refractivity contribution >= 4 is 13.8 Å². The minimum absolute atomic E-state index is 0.0885. The van der Waals surface area contributed by atoms with Crippen LogP contribution in [0, 0.1) is 0 Å². The molecule has 0 radical (unpaired) electrons. The van der Waals surface area contributed by atoms with Crippen molar-refractivity contribution in [2.24, 2.45) is 0 Å². The van der Waals surface area contributed by atoms with Crippen LogP contribution in [0.1, 0.15) is 187 Å². The number of ether oxygens (including phenoxy) is 2. The van der Waals surface area contributed by atoms with Gasteiger partial charge in [-0.1, -0.05) is 178 Å². The molecule has 1 aliphatic rings. The summed E-state index contributed by atoms with van der Waals surface area (Å²) in [6.07, 6.45) is 34.6. The first kappa shape index (κ1) is 57.3. The van der Waals surface area contributed by atoms with E-state index in [1.54, 1.807) is 0 Å². The fraction of sp³-hybridized carbons (Fsp3) is 0.812. The number of hydrogen-bond donors (Lipinski definition) is 6. The standard InChI is InChI=1S/C48H87O12P/c1-3-5-7-9-11-13-15-17-19-21-22-24-26-28-30-32-34-36-38-57-39-41(40-58-61(55,56)60-48-46(53)44(51)43(50)45(52)47(48)54)59-42(49)37-35-33-31-29-27-25-23-20-18-16-14-12-10-8-6-4-2/h5,7,11,13,17,19,22,24,41,43-48,50-54H,3-4,6,8-10,12,14-16,18,20-21,23,25-40H2,1-2H3,(H,55,56)/b7-5-,13-11-,19-17-,24-22-. The fourth-order valence-corrected chi connectivity index (χ4v) is 8.14. The average Bonchev–Trinajstić information content (AvgIpc) is 3.24. The zero-order valence-corrected chi connectivity index (χ0v) is 38.8. The van der Waals surface area contributed by atoms with E-state index in [2.05, 4.69) is 62.5 Å². The second-order valence-electron chi connectivity index (χ2n) is 16.6. The molecule has 0 amide bonds. The number of esters is 1. The van der Waals surface area contributed by atoms with Crippen LogP contribution in [0.2, 0.25) is 0 Å². The van der Waals surface area contributed by atoms with E-state index >= 15 is 0 Å². The molecule has 1 saturated carbocycles. The highest BCUT2D eigenvalue weighted by molar-refractivity contribution is 7.47. The quantitative estimate of drug-likeness (QED) is 0.0148. The van der Waals surface area contributed by atoms with Gasteiger partial charge in [0.25, 0.3) is 0 Å². The maximum Gasteiger partial charge on any atom is 0.472 e. The van der Waals surface area contributed by atoms with Gasteiger partial charge < -0.3 is 39.9 Å². The Balaban J connectivity index is 2.39. The molecule has 0 bridgehead atoms. The predicted molar refractivity (Wildman–Crippen MR) is 244 cm³/mol. The summed E-state index contributed by atoms with van der Waals surface area (Å²) in [6.45, 7) is 4.12. The summed E-state index contributed by atoms with van der Waals surface area (Å²) >= 11 is 0. The van der Waals surface area contributed by atoms with E-state index in [0.29, 0.717) is 13.0 Å². The van der Waals surface area contributed by atoms with Crippen LogP contribution >= 0.6 is 7.82 Å². The Kier molecular flexibility index (Phi) is 36.4. The molecule has 6 unspecified atom stereocenters. The zero-order chi connectivity index (χ0) is 44.8. The summed E-state index contributed by atoms with van der Waals surface area (Å²) in [6, 6.07) is 0. The Morgan fingerprint density at radius 1 is 0.541 bits per heavy atom. The lowest BCUT2D eigenvalue weighted by Gasteiger charge is -2.41. The number of aliphatic hydroxyl groups excluding tert-OH is 5. The van der Waals surface area contributed by atoms with Crippen molar-refractivity contribution < 1.29 is 58.3 Å². The van der Waals surface area contributed by atoms with Crippen molar-refractivity contribution in [3.63, 3.8) is 0 Å². The first-order valence-corrected chi connectivity index (χ1v) is 25.5. The maximum absolute atomic E-state index is 12.8. The number of allylic oxidation sites excluding steroid dienone is 8. The van der Waals surface area contributed by atoms with Crippen LogP contribution in [0.5, 0.6) is 0 Å². The lowest BCUT2D eigenvalue weighted by molar-refractivity contribution is -0.220. The van der Waals surface area contributed by atoms with Gasteiger partial charge >= 0.3 is 13.8 Å². The molecular formula is C48H87O12P.